The third kappa shape index (κ3) is 4.22. The summed E-state index contributed by atoms with van der Waals surface area (Å²) in [5.41, 5.74) is 0.828. The highest BCUT2D eigenvalue weighted by Crippen LogP contribution is 2.36. The number of rotatable bonds is 4. The Labute approximate surface area is 135 Å². The SMILES string of the molecule is CCc1snc(C)c1NC(=O)OC(c1ccccc1)C(F)(F)F. The number of alkyl halides is 3. The summed E-state index contributed by atoms with van der Waals surface area (Å²) in [6, 6.07) is 7.03. The molecule has 0 aliphatic rings. The molecule has 8 heteroatoms. The number of carbonyl (C=O) groups is 1. The first-order valence-electron chi connectivity index (χ1n) is 6.87. The van der Waals surface area contributed by atoms with Gasteiger partial charge in [-0.25, -0.2) is 4.79 Å². The summed E-state index contributed by atoms with van der Waals surface area (Å²) in [6.45, 7) is 3.54. The fourth-order valence-corrected chi connectivity index (χ4v) is 2.77. The monoisotopic (exact) mass is 344 g/mol. The molecule has 0 spiro atoms. The Balaban J connectivity index is 2.17. The van der Waals surface area contributed by atoms with Crippen molar-refractivity contribution >= 4 is 23.3 Å². The topological polar surface area (TPSA) is 51.2 Å². The Morgan fingerprint density at radius 1 is 1.35 bits per heavy atom. The Hall–Kier alpha value is -2.09. The molecule has 1 unspecified atom stereocenters. The number of anilines is 1. The van der Waals surface area contributed by atoms with Gasteiger partial charge in [0, 0.05) is 10.4 Å². The van der Waals surface area contributed by atoms with Gasteiger partial charge in [0.1, 0.15) is 0 Å². The smallest absolute Gasteiger partial charge is 0.429 e. The average Bonchev–Trinajstić information content (AvgIpc) is 2.85. The first-order chi connectivity index (χ1) is 10.8. The highest BCUT2D eigenvalue weighted by Gasteiger charge is 2.44. The van der Waals surface area contributed by atoms with Crippen LogP contribution in [0.4, 0.5) is 23.7 Å². The van der Waals surface area contributed by atoms with Gasteiger partial charge in [-0.05, 0) is 24.9 Å². The van der Waals surface area contributed by atoms with Crippen LogP contribution in [0, 0.1) is 6.92 Å². The van der Waals surface area contributed by atoms with Crippen LogP contribution in [0.5, 0.6) is 0 Å². The zero-order chi connectivity index (χ0) is 17.0. The standard InChI is InChI=1S/C15H15F3N2O2S/c1-3-11-12(9(2)20-23-11)19-14(21)22-13(15(16,17)18)10-7-5-4-6-8-10/h4-8,13H,3H2,1-2H3,(H,19,21). The second-order valence-corrected chi connectivity index (χ2v) is 5.64. The number of hydrogen-bond donors (Lipinski definition) is 1. The van der Waals surface area contributed by atoms with Crippen LogP contribution >= 0.6 is 11.5 Å². The quantitative estimate of drug-likeness (QED) is 0.861. The summed E-state index contributed by atoms with van der Waals surface area (Å²) in [6.07, 6.45) is -7.56. The third-order valence-corrected chi connectivity index (χ3v) is 4.18. The van der Waals surface area contributed by atoms with Crippen LogP contribution in [-0.2, 0) is 11.2 Å². The van der Waals surface area contributed by atoms with Gasteiger partial charge in [-0.2, -0.15) is 17.5 Å². The van der Waals surface area contributed by atoms with Gasteiger partial charge in [-0.15, -0.1) is 0 Å². The predicted molar refractivity (Wildman–Crippen MR) is 81.6 cm³/mol. The molecule has 0 aliphatic heterocycles. The highest BCUT2D eigenvalue weighted by atomic mass is 32.1. The molecule has 0 saturated heterocycles. The molecule has 1 N–H and O–H groups in total. The van der Waals surface area contributed by atoms with Crippen molar-refractivity contribution in [1.82, 2.24) is 4.37 Å². The maximum atomic E-state index is 13.2. The van der Waals surface area contributed by atoms with Gasteiger partial charge in [0.05, 0.1) is 11.4 Å². The number of nitrogens with zero attached hydrogens (tertiary/aromatic N) is 1. The van der Waals surface area contributed by atoms with Crippen molar-refractivity contribution in [3.05, 3.63) is 46.5 Å². The minimum Gasteiger partial charge on any atom is -0.431 e. The second kappa shape index (κ2) is 6.99. The van der Waals surface area contributed by atoms with Crippen molar-refractivity contribution in [1.29, 1.82) is 0 Å². The van der Waals surface area contributed by atoms with E-state index in [2.05, 4.69) is 14.4 Å². The van der Waals surface area contributed by atoms with E-state index in [0.29, 0.717) is 17.8 Å². The molecule has 0 aliphatic carbocycles. The number of aryl methyl sites for hydroxylation is 2. The van der Waals surface area contributed by atoms with Crippen molar-refractivity contribution < 1.29 is 22.7 Å². The van der Waals surface area contributed by atoms with Gasteiger partial charge < -0.3 is 4.74 Å². The summed E-state index contributed by atoms with van der Waals surface area (Å²) >= 11 is 1.20. The van der Waals surface area contributed by atoms with Gasteiger partial charge in [-0.3, -0.25) is 5.32 Å². The molecule has 0 bridgehead atoms. The molecular formula is C15H15F3N2O2S. The Kier molecular flexibility index (Phi) is 5.25. The average molecular weight is 344 g/mol. The minimum atomic E-state index is -4.70. The van der Waals surface area contributed by atoms with Crippen molar-refractivity contribution in [2.24, 2.45) is 0 Å². The van der Waals surface area contributed by atoms with E-state index in [0.717, 1.165) is 4.88 Å². The number of halogens is 3. The molecule has 1 heterocycles. The number of ether oxygens (including phenoxy) is 1. The first-order valence-corrected chi connectivity index (χ1v) is 7.64. The van der Waals surface area contributed by atoms with Crippen LogP contribution in [-0.4, -0.2) is 16.6 Å². The van der Waals surface area contributed by atoms with Gasteiger partial charge >= 0.3 is 12.3 Å². The first kappa shape index (κ1) is 17.3. The number of amides is 1. The molecular weight excluding hydrogens is 329 g/mol. The maximum absolute atomic E-state index is 13.2. The van der Waals surface area contributed by atoms with Gasteiger partial charge in [0.2, 0.25) is 6.10 Å². The van der Waals surface area contributed by atoms with E-state index in [1.165, 1.54) is 35.8 Å². The number of carbonyl (C=O) groups excluding carboxylic acids is 1. The second-order valence-electron chi connectivity index (χ2n) is 4.78. The van der Waals surface area contributed by atoms with E-state index in [-0.39, 0.29) is 5.56 Å². The lowest BCUT2D eigenvalue weighted by molar-refractivity contribution is -0.205. The molecule has 2 aromatic rings. The van der Waals surface area contributed by atoms with Crippen LogP contribution < -0.4 is 5.32 Å². The lowest BCUT2D eigenvalue weighted by Gasteiger charge is -2.21. The Morgan fingerprint density at radius 2 is 2.00 bits per heavy atom. The van der Waals surface area contributed by atoms with Crippen molar-refractivity contribution in [3.8, 4) is 0 Å². The van der Waals surface area contributed by atoms with Gasteiger partial charge in [0.25, 0.3) is 0 Å². The van der Waals surface area contributed by atoms with Gasteiger partial charge in [0.15, 0.2) is 0 Å². The van der Waals surface area contributed by atoms with Crippen LogP contribution in [0.2, 0.25) is 0 Å². The molecule has 1 amide bonds. The molecule has 0 saturated carbocycles. The number of benzene rings is 1. The van der Waals surface area contributed by atoms with Crippen molar-refractivity contribution in [2.45, 2.75) is 32.5 Å². The molecule has 2 rings (SSSR count). The van der Waals surface area contributed by atoms with E-state index >= 15 is 0 Å². The molecule has 1 atom stereocenters. The zero-order valence-corrected chi connectivity index (χ0v) is 13.3. The molecule has 0 radical (unpaired) electrons. The minimum absolute atomic E-state index is 0.133. The summed E-state index contributed by atoms with van der Waals surface area (Å²) in [5.74, 6) is 0. The Morgan fingerprint density at radius 3 is 2.57 bits per heavy atom. The van der Waals surface area contributed by atoms with Crippen LogP contribution in [0.25, 0.3) is 0 Å². The highest BCUT2D eigenvalue weighted by molar-refractivity contribution is 7.06. The molecule has 1 aromatic carbocycles. The third-order valence-electron chi connectivity index (χ3n) is 3.11. The fourth-order valence-electron chi connectivity index (χ4n) is 2.01. The van der Waals surface area contributed by atoms with Gasteiger partial charge in [-0.1, -0.05) is 37.3 Å². The zero-order valence-electron chi connectivity index (χ0n) is 12.5. The van der Waals surface area contributed by atoms with E-state index in [1.807, 2.05) is 6.92 Å². The lowest BCUT2D eigenvalue weighted by Crippen LogP contribution is -2.28. The van der Waals surface area contributed by atoms with E-state index in [4.69, 9.17) is 0 Å². The molecule has 4 nitrogen and oxygen atoms in total. The van der Waals surface area contributed by atoms with E-state index in [1.54, 1.807) is 13.0 Å². The van der Waals surface area contributed by atoms with E-state index in [9.17, 15) is 18.0 Å². The molecule has 23 heavy (non-hydrogen) atoms. The number of nitrogens with one attached hydrogen (secondary N) is 1. The summed E-state index contributed by atoms with van der Waals surface area (Å²) < 4.78 is 48.2. The Bertz CT molecular complexity index is 671. The molecule has 0 fully saturated rings. The van der Waals surface area contributed by atoms with Crippen molar-refractivity contribution in [2.75, 3.05) is 5.32 Å². The normalized spacial score (nSPS) is 12.7. The van der Waals surface area contributed by atoms with Crippen LogP contribution in [0.15, 0.2) is 30.3 Å². The largest absolute Gasteiger partial charge is 0.431 e. The number of aromatic nitrogens is 1. The molecule has 1 aromatic heterocycles. The lowest BCUT2D eigenvalue weighted by atomic mass is 10.1. The number of hydrogen-bond acceptors (Lipinski definition) is 4. The van der Waals surface area contributed by atoms with Crippen LogP contribution in [0.1, 0.15) is 29.2 Å². The predicted octanol–water partition coefficient (Wildman–Crippen LogP) is 4.87. The maximum Gasteiger partial charge on any atom is 0.429 e. The molecule has 124 valence electrons. The fraction of sp³-hybridized carbons (Fsp3) is 0.333. The summed E-state index contributed by atoms with van der Waals surface area (Å²) in [5, 5.41) is 2.37. The summed E-state index contributed by atoms with van der Waals surface area (Å²) in [7, 11) is 0. The van der Waals surface area contributed by atoms with Crippen LogP contribution in [0.3, 0.4) is 0 Å². The summed E-state index contributed by atoms with van der Waals surface area (Å²) in [4.78, 5) is 12.7. The van der Waals surface area contributed by atoms with E-state index < -0.39 is 18.4 Å². The van der Waals surface area contributed by atoms with Crippen molar-refractivity contribution in [3.63, 3.8) is 0 Å².